The number of benzene rings is 1. The maximum Gasteiger partial charge on any atom is 0.254 e. The highest BCUT2D eigenvalue weighted by molar-refractivity contribution is 6.30. The fourth-order valence-electron chi connectivity index (χ4n) is 1.71. The van der Waals surface area contributed by atoms with E-state index in [1.54, 1.807) is 0 Å². The Bertz CT molecular complexity index is 405. The summed E-state index contributed by atoms with van der Waals surface area (Å²) in [5, 5.41) is 6.18. The van der Waals surface area contributed by atoms with Gasteiger partial charge in [-0.1, -0.05) is 11.6 Å². The van der Waals surface area contributed by atoms with Crippen LogP contribution in [-0.4, -0.2) is 25.0 Å². The predicted octanol–water partition coefficient (Wildman–Crippen LogP) is 1.57. The SMILES string of the molecule is O=C(N[C@@H]1CCNC1)c1ccc(Cl)cc1F. The lowest BCUT2D eigenvalue weighted by atomic mass is 10.1. The lowest BCUT2D eigenvalue weighted by Gasteiger charge is -2.11. The zero-order valence-electron chi connectivity index (χ0n) is 8.59. The van der Waals surface area contributed by atoms with Crippen molar-refractivity contribution in [2.75, 3.05) is 13.1 Å². The quantitative estimate of drug-likeness (QED) is 0.827. The molecule has 1 heterocycles. The average molecular weight is 243 g/mol. The topological polar surface area (TPSA) is 41.1 Å². The summed E-state index contributed by atoms with van der Waals surface area (Å²) in [4.78, 5) is 11.7. The molecule has 5 heteroatoms. The summed E-state index contributed by atoms with van der Waals surface area (Å²) in [5.41, 5.74) is 0.0382. The molecule has 1 aromatic rings. The molecule has 0 radical (unpaired) electrons. The van der Waals surface area contributed by atoms with Crippen LogP contribution in [0.15, 0.2) is 18.2 Å². The van der Waals surface area contributed by atoms with Crippen LogP contribution < -0.4 is 10.6 Å². The Kier molecular flexibility index (Phi) is 3.41. The Labute approximate surface area is 98.0 Å². The lowest BCUT2D eigenvalue weighted by molar-refractivity contribution is 0.0936. The highest BCUT2D eigenvalue weighted by Crippen LogP contribution is 2.14. The minimum absolute atomic E-state index is 0.0382. The number of carbonyl (C=O) groups excluding carboxylic acids is 1. The van der Waals surface area contributed by atoms with Gasteiger partial charge in [-0.15, -0.1) is 0 Å². The van der Waals surface area contributed by atoms with Gasteiger partial charge in [0.1, 0.15) is 5.82 Å². The molecule has 1 aromatic carbocycles. The Morgan fingerprint density at radius 1 is 1.56 bits per heavy atom. The molecule has 86 valence electrons. The molecular weight excluding hydrogens is 231 g/mol. The van der Waals surface area contributed by atoms with Gasteiger partial charge in [0.15, 0.2) is 0 Å². The maximum absolute atomic E-state index is 13.4. The molecule has 0 saturated carbocycles. The second-order valence-corrected chi connectivity index (χ2v) is 4.22. The first kappa shape index (κ1) is 11.4. The summed E-state index contributed by atoms with van der Waals surface area (Å²) in [6.07, 6.45) is 0.876. The van der Waals surface area contributed by atoms with Crippen LogP contribution in [0.5, 0.6) is 0 Å². The molecule has 1 fully saturated rings. The van der Waals surface area contributed by atoms with Crippen molar-refractivity contribution < 1.29 is 9.18 Å². The molecule has 2 N–H and O–H groups in total. The Morgan fingerprint density at radius 3 is 3.00 bits per heavy atom. The number of hydrogen-bond donors (Lipinski definition) is 2. The molecule has 0 aliphatic carbocycles. The maximum atomic E-state index is 13.4. The summed E-state index contributed by atoms with van der Waals surface area (Å²) in [7, 11) is 0. The zero-order chi connectivity index (χ0) is 11.5. The highest BCUT2D eigenvalue weighted by Gasteiger charge is 2.19. The van der Waals surface area contributed by atoms with E-state index < -0.39 is 5.82 Å². The monoisotopic (exact) mass is 242 g/mol. The first-order chi connectivity index (χ1) is 7.66. The molecular formula is C11H12ClFN2O. The molecule has 0 unspecified atom stereocenters. The largest absolute Gasteiger partial charge is 0.348 e. The van der Waals surface area contributed by atoms with E-state index in [4.69, 9.17) is 11.6 Å². The van der Waals surface area contributed by atoms with Gasteiger partial charge in [0.05, 0.1) is 5.56 Å². The second-order valence-electron chi connectivity index (χ2n) is 3.79. The molecule has 1 aliphatic heterocycles. The molecule has 16 heavy (non-hydrogen) atoms. The van der Waals surface area contributed by atoms with Crippen molar-refractivity contribution in [2.24, 2.45) is 0 Å². The Balaban J connectivity index is 2.08. The van der Waals surface area contributed by atoms with Gasteiger partial charge in [0.25, 0.3) is 5.91 Å². The van der Waals surface area contributed by atoms with E-state index in [1.807, 2.05) is 0 Å². The summed E-state index contributed by atoms with van der Waals surface area (Å²) in [5.74, 6) is -0.973. The van der Waals surface area contributed by atoms with Gasteiger partial charge in [-0.25, -0.2) is 4.39 Å². The highest BCUT2D eigenvalue weighted by atomic mass is 35.5. The van der Waals surface area contributed by atoms with E-state index in [2.05, 4.69) is 10.6 Å². The van der Waals surface area contributed by atoms with Crippen molar-refractivity contribution in [1.29, 1.82) is 0 Å². The molecule has 1 atom stereocenters. The average Bonchev–Trinajstić information content (AvgIpc) is 2.70. The van der Waals surface area contributed by atoms with Crippen LogP contribution in [0.4, 0.5) is 4.39 Å². The number of halogens is 2. The van der Waals surface area contributed by atoms with Crippen LogP contribution in [-0.2, 0) is 0 Å². The normalized spacial score (nSPS) is 19.8. The molecule has 3 nitrogen and oxygen atoms in total. The van der Waals surface area contributed by atoms with Gasteiger partial charge in [-0.2, -0.15) is 0 Å². The fraction of sp³-hybridized carbons (Fsp3) is 0.364. The van der Waals surface area contributed by atoms with Gasteiger partial charge >= 0.3 is 0 Å². The van der Waals surface area contributed by atoms with Crippen LogP contribution in [0.1, 0.15) is 16.8 Å². The molecule has 2 rings (SSSR count). The van der Waals surface area contributed by atoms with E-state index >= 15 is 0 Å². The van der Waals surface area contributed by atoms with Crippen molar-refractivity contribution in [3.05, 3.63) is 34.6 Å². The first-order valence-electron chi connectivity index (χ1n) is 5.13. The van der Waals surface area contributed by atoms with Crippen LogP contribution in [0.2, 0.25) is 5.02 Å². The standard InChI is InChI=1S/C11H12ClFN2O/c12-7-1-2-9(10(13)5-7)11(16)15-8-3-4-14-6-8/h1-2,5,8,14H,3-4,6H2,(H,15,16)/t8-/m1/s1. The van der Waals surface area contributed by atoms with Gasteiger partial charge in [-0.05, 0) is 31.2 Å². The third kappa shape index (κ3) is 2.51. The smallest absolute Gasteiger partial charge is 0.254 e. The van der Waals surface area contributed by atoms with E-state index in [9.17, 15) is 9.18 Å². The zero-order valence-corrected chi connectivity index (χ0v) is 9.35. The number of hydrogen-bond acceptors (Lipinski definition) is 2. The Hall–Kier alpha value is -1.13. The molecule has 0 aromatic heterocycles. The van der Waals surface area contributed by atoms with Crippen molar-refractivity contribution in [3.63, 3.8) is 0 Å². The van der Waals surface area contributed by atoms with E-state index in [1.165, 1.54) is 12.1 Å². The summed E-state index contributed by atoms with van der Waals surface area (Å²) >= 11 is 5.61. The van der Waals surface area contributed by atoms with E-state index in [-0.39, 0.29) is 22.5 Å². The summed E-state index contributed by atoms with van der Waals surface area (Å²) in [6.45, 7) is 1.62. The third-order valence-electron chi connectivity index (χ3n) is 2.57. The van der Waals surface area contributed by atoms with Crippen molar-refractivity contribution in [3.8, 4) is 0 Å². The number of nitrogens with one attached hydrogen (secondary N) is 2. The van der Waals surface area contributed by atoms with E-state index in [0.717, 1.165) is 25.6 Å². The molecule has 1 amide bonds. The van der Waals surface area contributed by atoms with Gasteiger partial charge in [-0.3, -0.25) is 4.79 Å². The minimum Gasteiger partial charge on any atom is -0.348 e. The van der Waals surface area contributed by atoms with Crippen molar-refractivity contribution >= 4 is 17.5 Å². The summed E-state index contributed by atoms with van der Waals surface area (Å²) < 4.78 is 13.4. The van der Waals surface area contributed by atoms with Crippen LogP contribution >= 0.6 is 11.6 Å². The molecule has 1 aliphatic rings. The van der Waals surface area contributed by atoms with Gasteiger partial charge in [0, 0.05) is 17.6 Å². The molecule has 1 saturated heterocycles. The van der Waals surface area contributed by atoms with E-state index in [0.29, 0.717) is 0 Å². The fourth-order valence-corrected chi connectivity index (χ4v) is 1.87. The third-order valence-corrected chi connectivity index (χ3v) is 2.81. The first-order valence-corrected chi connectivity index (χ1v) is 5.51. The number of amides is 1. The lowest BCUT2D eigenvalue weighted by Crippen LogP contribution is -2.36. The van der Waals surface area contributed by atoms with Crippen LogP contribution in [0.25, 0.3) is 0 Å². The molecule has 0 bridgehead atoms. The summed E-state index contributed by atoms with van der Waals surface area (Å²) in [6, 6.07) is 4.13. The van der Waals surface area contributed by atoms with Crippen LogP contribution in [0, 0.1) is 5.82 Å². The predicted molar refractivity (Wildman–Crippen MR) is 60.2 cm³/mol. The molecule has 0 spiro atoms. The Morgan fingerprint density at radius 2 is 2.38 bits per heavy atom. The van der Waals surface area contributed by atoms with Gasteiger partial charge in [0.2, 0.25) is 0 Å². The van der Waals surface area contributed by atoms with Crippen LogP contribution in [0.3, 0.4) is 0 Å². The van der Waals surface area contributed by atoms with Crippen molar-refractivity contribution in [2.45, 2.75) is 12.5 Å². The van der Waals surface area contributed by atoms with Crippen molar-refractivity contribution in [1.82, 2.24) is 10.6 Å². The van der Waals surface area contributed by atoms with Gasteiger partial charge < -0.3 is 10.6 Å². The number of carbonyl (C=O) groups is 1. The minimum atomic E-state index is -0.587. The second kappa shape index (κ2) is 4.80. The number of rotatable bonds is 2.